The van der Waals surface area contributed by atoms with E-state index in [1.54, 1.807) is 0 Å². The second-order valence-electron chi connectivity index (χ2n) is 8.25. The van der Waals surface area contributed by atoms with Gasteiger partial charge in [-0.25, -0.2) is 4.79 Å². The Morgan fingerprint density at radius 2 is 1.96 bits per heavy atom. The van der Waals surface area contributed by atoms with Crippen LogP contribution < -0.4 is 0 Å². The third-order valence-electron chi connectivity index (χ3n) is 6.71. The highest BCUT2D eigenvalue weighted by atomic mass is 16.4. The van der Waals surface area contributed by atoms with Gasteiger partial charge in [0.15, 0.2) is 0 Å². The largest absolute Gasteiger partial charge is 0.481 e. The first-order valence-corrected chi connectivity index (χ1v) is 8.92. The van der Waals surface area contributed by atoms with Gasteiger partial charge >= 0.3 is 11.9 Å². The normalized spacial score (nSPS) is 37.0. The zero-order valence-electron chi connectivity index (χ0n) is 15.1. The van der Waals surface area contributed by atoms with Gasteiger partial charge in [-0.05, 0) is 69.6 Å². The summed E-state index contributed by atoms with van der Waals surface area (Å²) in [5.74, 6) is -1.15. The molecular weight excluding hydrogens is 304 g/mol. The molecule has 0 radical (unpaired) electrons. The molecule has 0 spiro atoms. The Hall–Kier alpha value is -1.58. The Kier molecular flexibility index (Phi) is 5.26. The molecule has 24 heavy (non-hydrogen) atoms. The molecule has 0 aromatic carbocycles. The fourth-order valence-electron chi connectivity index (χ4n) is 5.39. The van der Waals surface area contributed by atoms with Gasteiger partial charge < -0.3 is 10.2 Å². The van der Waals surface area contributed by atoms with Gasteiger partial charge in [0, 0.05) is 6.08 Å². The molecular formula is C20H30O4. The lowest BCUT2D eigenvalue weighted by molar-refractivity contribution is -0.164. The quantitative estimate of drug-likeness (QED) is 0.566. The van der Waals surface area contributed by atoms with E-state index in [9.17, 15) is 14.7 Å². The minimum Gasteiger partial charge on any atom is -0.481 e. The molecule has 4 atom stereocenters. The van der Waals surface area contributed by atoms with Gasteiger partial charge in [0.25, 0.3) is 0 Å². The molecule has 0 bridgehead atoms. The maximum atomic E-state index is 12.0. The standard InChI is InChI=1S/C20H30O4/c1-13(12-17(21)22)6-8-15-14(2)7-9-16-19(15,3)10-5-11-20(16,4)18(23)24/h12,15-16H,2,5-11H2,1,3-4H3,(H,21,22)(H,23,24)/b13-12+/t15-,16?,19+,20-/m0/s1. The molecule has 4 nitrogen and oxygen atoms in total. The molecule has 2 aliphatic carbocycles. The van der Waals surface area contributed by atoms with Crippen molar-refractivity contribution in [3.05, 3.63) is 23.8 Å². The monoisotopic (exact) mass is 334 g/mol. The van der Waals surface area contributed by atoms with Crippen LogP contribution in [-0.4, -0.2) is 22.2 Å². The summed E-state index contributed by atoms with van der Waals surface area (Å²) in [4.78, 5) is 22.8. The fourth-order valence-corrected chi connectivity index (χ4v) is 5.39. The molecule has 2 aliphatic rings. The van der Waals surface area contributed by atoms with Crippen LogP contribution in [0.2, 0.25) is 0 Å². The van der Waals surface area contributed by atoms with E-state index >= 15 is 0 Å². The number of aliphatic carboxylic acids is 2. The highest BCUT2D eigenvalue weighted by Crippen LogP contribution is 2.62. The molecule has 1 unspecified atom stereocenters. The van der Waals surface area contributed by atoms with Crippen molar-refractivity contribution < 1.29 is 19.8 Å². The second-order valence-corrected chi connectivity index (χ2v) is 8.25. The van der Waals surface area contributed by atoms with Crippen molar-refractivity contribution in [1.29, 1.82) is 0 Å². The average Bonchev–Trinajstić information content (AvgIpc) is 2.45. The van der Waals surface area contributed by atoms with Gasteiger partial charge in [-0.3, -0.25) is 4.79 Å². The molecule has 4 heteroatoms. The summed E-state index contributed by atoms with van der Waals surface area (Å²) in [6, 6.07) is 0. The van der Waals surface area contributed by atoms with Crippen molar-refractivity contribution in [2.75, 3.05) is 0 Å². The molecule has 0 aromatic rings. The highest BCUT2D eigenvalue weighted by molar-refractivity contribution is 5.80. The number of hydrogen-bond donors (Lipinski definition) is 2. The van der Waals surface area contributed by atoms with Crippen molar-refractivity contribution in [2.45, 2.75) is 65.7 Å². The Morgan fingerprint density at radius 1 is 1.29 bits per heavy atom. The van der Waals surface area contributed by atoms with Gasteiger partial charge in [-0.1, -0.05) is 31.1 Å². The minimum atomic E-state index is -0.907. The lowest BCUT2D eigenvalue weighted by atomic mass is 9.46. The van der Waals surface area contributed by atoms with Crippen LogP contribution in [0.15, 0.2) is 23.8 Å². The molecule has 0 aromatic heterocycles. The third kappa shape index (κ3) is 3.28. The van der Waals surface area contributed by atoms with Gasteiger partial charge in [0.1, 0.15) is 0 Å². The van der Waals surface area contributed by atoms with Gasteiger partial charge in [0.05, 0.1) is 5.41 Å². The number of allylic oxidation sites excluding steroid dienone is 2. The van der Waals surface area contributed by atoms with Crippen LogP contribution >= 0.6 is 0 Å². The minimum absolute atomic E-state index is 0.0514. The van der Waals surface area contributed by atoms with Crippen LogP contribution in [-0.2, 0) is 9.59 Å². The van der Waals surface area contributed by atoms with Crippen LogP contribution in [0.25, 0.3) is 0 Å². The average molecular weight is 334 g/mol. The molecule has 134 valence electrons. The van der Waals surface area contributed by atoms with E-state index < -0.39 is 17.4 Å². The summed E-state index contributed by atoms with van der Waals surface area (Å²) in [6.45, 7) is 10.3. The third-order valence-corrected chi connectivity index (χ3v) is 6.71. The summed E-state index contributed by atoms with van der Waals surface area (Å²) in [6.07, 6.45) is 7.36. The Balaban J connectivity index is 2.25. The predicted octanol–water partition coefficient (Wildman–Crippen LogP) is 4.66. The first-order chi connectivity index (χ1) is 11.1. The van der Waals surface area contributed by atoms with Gasteiger partial charge in [0.2, 0.25) is 0 Å². The lowest BCUT2D eigenvalue weighted by Crippen LogP contribution is -2.53. The van der Waals surface area contributed by atoms with E-state index in [2.05, 4.69) is 13.5 Å². The summed E-state index contributed by atoms with van der Waals surface area (Å²) < 4.78 is 0. The van der Waals surface area contributed by atoms with Gasteiger partial charge in [-0.15, -0.1) is 0 Å². The number of hydrogen-bond acceptors (Lipinski definition) is 2. The zero-order valence-corrected chi connectivity index (χ0v) is 15.1. The van der Waals surface area contributed by atoms with Crippen LogP contribution in [0, 0.1) is 22.7 Å². The summed E-state index contributed by atoms with van der Waals surface area (Å²) in [7, 11) is 0. The number of carbonyl (C=O) groups is 2. The summed E-state index contributed by atoms with van der Waals surface area (Å²) in [5.41, 5.74) is 1.37. The van der Waals surface area contributed by atoms with Crippen molar-refractivity contribution in [1.82, 2.24) is 0 Å². The van der Waals surface area contributed by atoms with E-state index in [4.69, 9.17) is 5.11 Å². The van der Waals surface area contributed by atoms with Crippen LogP contribution in [0.4, 0.5) is 0 Å². The maximum absolute atomic E-state index is 12.0. The SMILES string of the molecule is C=C1CCC2[C@](C)(CCC[C@]2(C)C(=O)O)[C@H]1CC/C(C)=C/C(=O)O. The molecule has 2 rings (SSSR count). The Bertz CT molecular complexity index is 576. The molecule has 0 saturated heterocycles. The molecule has 2 fully saturated rings. The Morgan fingerprint density at radius 3 is 2.54 bits per heavy atom. The number of fused-ring (bicyclic) bond motifs is 1. The van der Waals surface area contributed by atoms with Gasteiger partial charge in [-0.2, -0.15) is 0 Å². The first-order valence-electron chi connectivity index (χ1n) is 8.92. The molecule has 0 amide bonds. The van der Waals surface area contributed by atoms with E-state index in [-0.39, 0.29) is 17.3 Å². The van der Waals surface area contributed by atoms with Crippen LogP contribution in [0.3, 0.4) is 0 Å². The van der Waals surface area contributed by atoms with Crippen molar-refractivity contribution in [3.63, 3.8) is 0 Å². The van der Waals surface area contributed by atoms with Crippen LogP contribution in [0.1, 0.15) is 65.7 Å². The molecule has 2 N–H and O–H groups in total. The number of carboxylic acids is 2. The maximum Gasteiger partial charge on any atom is 0.328 e. The van der Waals surface area contributed by atoms with Crippen molar-refractivity contribution in [3.8, 4) is 0 Å². The van der Waals surface area contributed by atoms with E-state index in [0.29, 0.717) is 0 Å². The Labute approximate surface area is 144 Å². The molecule has 0 heterocycles. The van der Waals surface area contributed by atoms with E-state index in [1.165, 1.54) is 11.6 Å². The lowest BCUT2D eigenvalue weighted by Gasteiger charge is -2.57. The molecule has 2 saturated carbocycles. The topological polar surface area (TPSA) is 74.6 Å². The van der Waals surface area contributed by atoms with E-state index in [1.807, 2.05) is 13.8 Å². The smallest absolute Gasteiger partial charge is 0.328 e. The zero-order chi connectivity index (χ0) is 18.1. The first kappa shape index (κ1) is 18.8. The molecule has 0 aliphatic heterocycles. The summed E-state index contributed by atoms with van der Waals surface area (Å²) >= 11 is 0. The second kappa shape index (κ2) is 6.73. The van der Waals surface area contributed by atoms with Crippen LogP contribution in [0.5, 0.6) is 0 Å². The number of carboxylic acid groups (broad SMARTS) is 2. The number of rotatable bonds is 5. The predicted molar refractivity (Wildman–Crippen MR) is 93.7 cm³/mol. The van der Waals surface area contributed by atoms with Crippen molar-refractivity contribution >= 4 is 11.9 Å². The highest BCUT2D eigenvalue weighted by Gasteiger charge is 2.57. The van der Waals surface area contributed by atoms with Crippen molar-refractivity contribution in [2.24, 2.45) is 22.7 Å². The fraction of sp³-hybridized carbons (Fsp3) is 0.700. The van der Waals surface area contributed by atoms with E-state index in [0.717, 1.165) is 50.5 Å². The summed E-state index contributed by atoms with van der Waals surface area (Å²) in [5, 5.41) is 18.7.